The van der Waals surface area contributed by atoms with Gasteiger partial charge in [0.25, 0.3) is 0 Å². The molecule has 0 N–H and O–H groups in total. The molecule has 34 heavy (non-hydrogen) atoms. The fraction of sp³-hybridized carbons (Fsp3) is 0.304. The van der Waals surface area contributed by atoms with Crippen LogP contribution in [0.3, 0.4) is 0 Å². The van der Waals surface area contributed by atoms with Gasteiger partial charge in [0.05, 0.1) is 25.8 Å². The molecule has 0 saturated heterocycles. The Morgan fingerprint density at radius 1 is 1.18 bits per heavy atom. The summed E-state index contributed by atoms with van der Waals surface area (Å²) >= 11 is 1.16. The predicted octanol–water partition coefficient (Wildman–Crippen LogP) is 4.57. The average molecular weight is 509 g/mol. The molecule has 0 radical (unpaired) electrons. The topological polar surface area (TPSA) is 83.5 Å². The van der Waals surface area contributed by atoms with Gasteiger partial charge in [-0.2, -0.15) is 13.7 Å². The Hall–Kier alpha value is -3.23. The maximum Gasteiger partial charge on any atom is 0.352 e. The molecule has 0 bridgehead atoms. The van der Waals surface area contributed by atoms with Crippen LogP contribution < -0.4 is 18.3 Å². The fourth-order valence-corrected chi connectivity index (χ4v) is 6.03. The van der Waals surface area contributed by atoms with E-state index in [4.69, 9.17) is 9.47 Å². The number of nitriles is 1. The second-order valence-corrected chi connectivity index (χ2v) is 10.1. The number of hydrogen-bond donors (Lipinski definition) is 0. The molecule has 0 fully saturated rings. The second kappa shape index (κ2) is 10.4. The number of thiazole rings is 1. The van der Waals surface area contributed by atoms with Crippen molar-refractivity contribution >= 4 is 26.5 Å². The number of rotatable bonds is 9. The number of nitrogens with zero attached hydrogens (tertiary/aromatic N) is 3. The number of benzene rings is 2. The highest BCUT2D eigenvalue weighted by Crippen LogP contribution is 2.33. The smallest absolute Gasteiger partial charge is 0.352 e. The minimum Gasteiger partial charge on any atom is -0.497 e. The van der Waals surface area contributed by atoms with Crippen LogP contribution in [-0.4, -0.2) is 22.6 Å². The van der Waals surface area contributed by atoms with E-state index in [0.29, 0.717) is 28.3 Å². The van der Waals surface area contributed by atoms with E-state index in [2.05, 4.69) is 0 Å². The van der Waals surface area contributed by atoms with Gasteiger partial charge in [-0.15, -0.1) is 4.31 Å². The monoisotopic (exact) mass is 508 g/mol. The molecule has 1 aromatic heterocycles. The maximum atomic E-state index is 14.8. The number of hydrogen-bond acceptors (Lipinski definition) is 6. The van der Waals surface area contributed by atoms with Gasteiger partial charge in [-0.1, -0.05) is 18.3 Å². The van der Waals surface area contributed by atoms with E-state index < -0.39 is 32.1 Å². The van der Waals surface area contributed by atoms with Crippen molar-refractivity contribution in [2.75, 3.05) is 18.5 Å². The van der Waals surface area contributed by atoms with Crippen molar-refractivity contribution in [3.63, 3.8) is 0 Å². The first-order chi connectivity index (χ1) is 16.2. The van der Waals surface area contributed by atoms with Crippen LogP contribution >= 0.6 is 11.3 Å². The summed E-state index contributed by atoms with van der Waals surface area (Å²) in [5.41, 5.74) is -0.0676. The van der Waals surface area contributed by atoms with Crippen molar-refractivity contribution in [1.82, 2.24) is 0 Å². The summed E-state index contributed by atoms with van der Waals surface area (Å²) in [6.45, 7) is 3.69. The second-order valence-electron chi connectivity index (χ2n) is 7.41. The Morgan fingerprint density at radius 2 is 1.91 bits per heavy atom. The summed E-state index contributed by atoms with van der Waals surface area (Å²) in [7, 11) is -1.62. The van der Waals surface area contributed by atoms with Crippen molar-refractivity contribution in [2.45, 2.75) is 37.8 Å². The van der Waals surface area contributed by atoms with Crippen LogP contribution in [0, 0.1) is 23.0 Å². The SMILES string of the molecule is CCC(C)[n+]1ccsc1N(Cc1ccc(OC)cc1OC)S(=O)(=O)c1cc(C#N)c(F)cc1F. The molecule has 1 unspecified atom stereocenters. The van der Waals surface area contributed by atoms with Gasteiger partial charge in [-0.05, 0) is 31.5 Å². The molecule has 180 valence electrons. The first-order valence-corrected chi connectivity index (χ1v) is 12.6. The lowest BCUT2D eigenvalue weighted by Gasteiger charge is -2.20. The molecule has 7 nitrogen and oxygen atoms in total. The van der Waals surface area contributed by atoms with Crippen LogP contribution in [0.25, 0.3) is 0 Å². The molecular formula is C23H24F2N3O4S2+. The van der Waals surface area contributed by atoms with Crippen molar-refractivity contribution in [2.24, 2.45) is 0 Å². The van der Waals surface area contributed by atoms with E-state index in [1.807, 2.05) is 13.8 Å². The number of halogens is 2. The molecule has 11 heteroatoms. The lowest BCUT2D eigenvalue weighted by atomic mass is 10.2. The number of anilines is 1. The molecule has 0 aliphatic heterocycles. The van der Waals surface area contributed by atoms with Crippen molar-refractivity contribution in [1.29, 1.82) is 5.26 Å². The van der Waals surface area contributed by atoms with Crippen LogP contribution in [0.5, 0.6) is 11.5 Å². The van der Waals surface area contributed by atoms with Gasteiger partial charge in [-0.3, -0.25) is 0 Å². The number of methoxy groups -OCH3 is 2. The van der Waals surface area contributed by atoms with Gasteiger partial charge in [0.2, 0.25) is 0 Å². The molecule has 0 aliphatic carbocycles. The van der Waals surface area contributed by atoms with Crippen molar-refractivity contribution in [3.8, 4) is 17.6 Å². The highest BCUT2D eigenvalue weighted by Gasteiger charge is 2.39. The number of ether oxygens (including phenoxy) is 2. The first-order valence-electron chi connectivity index (χ1n) is 10.3. The highest BCUT2D eigenvalue weighted by atomic mass is 32.2. The fourth-order valence-electron chi connectivity index (χ4n) is 3.33. The molecule has 0 spiro atoms. The summed E-state index contributed by atoms with van der Waals surface area (Å²) in [6, 6.07) is 7.58. The Balaban J connectivity index is 2.23. The largest absolute Gasteiger partial charge is 0.497 e. The third-order valence-electron chi connectivity index (χ3n) is 5.41. The summed E-state index contributed by atoms with van der Waals surface area (Å²) in [5.74, 6) is -1.52. The van der Waals surface area contributed by atoms with Crippen LogP contribution in [0.1, 0.15) is 37.4 Å². The molecular weight excluding hydrogens is 484 g/mol. The van der Waals surface area contributed by atoms with Gasteiger partial charge in [0.15, 0.2) is 0 Å². The van der Waals surface area contributed by atoms with Crippen LogP contribution in [0.2, 0.25) is 0 Å². The number of aromatic nitrogens is 1. The summed E-state index contributed by atoms with van der Waals surface area (Å²) in [5, 5.41) is 11.2. The minimum absolute atomic E-state index is 0.0514. The van der Waals surface area contributed by atoms with Gasteiger partial charge in [-0.25, -0.2) is 13.3 Å². The third kappa shape index (κ3) is 4.83. The van der Waals surface area contributed by atoms with Crippen molar-refractivity contribution < 1.29 is 31.2 Å². The molecule has 3 rings (SSSR count). The first kappa shape index (κ1) is 25.4. The number of sulfonamides is 1. The lowest BCUT2D eigenvalue weighted by molar-refractivity contribution is -0.703. The Bertz CT molecular complexity index is 1340. The summed E-state index contributed by atoms with van der Waals surface area (Å²) in [4.78, 5) is -0.790. The van der Waals surface area contributed by atoms with E-state index in [-0.39, 0.29) is 12.6 Å². The molecule has 1 atom stereocenters. The van der Waals surface area contributed by atoms with Crippen LogP contribution in [-0.2, 0) is 16.6 Å². The lowest BCUT2D eigenvalue weighted by Crippen LogP contribution is -2.44. The quantitative estimate of drug-likeness (QED) is 0.396. The Labute approximate surface area is 201 Å². The zero-order valence-corrected chi connectivity index (χ0v) is 20.7. The van der Waals surface area contributed by atoms with Gasteiger partial charge < -0.3 is 9.47 Å². The van der Waals surface area contributed by atoms with Gasteiger partial charge >= 0.3 is 15.2 Å². The van der Waals surface area contributed by atoms with Crippen LogP contribution in [0.4, 0.5) is 13.9 Å². The van der Waals surface area contributed by atoms with E-state index in [1.54, 1.807) is 40.4 Å². The van der Waals surface area contributed by atoms with E-state index in [9.17, 15) is 22.5 Å². The third-order valence-corrected chi connectivity index (χ3v) is 8.18. The zero-order valence-electron chi connectivity index (χ0n) is 19.1. The standard InChI is InChI=1S/C23H24F2N3O4S2/c1-5-15(2)27-8-9-33-23(27)28(14-16-6-7-18(31-3)11-21(16)32-4)34(29,30)22-10-17(13-26)19(24)12-20(22)25/h6-12,15H,5,14H2,1-4H3/q+1. The minimum atomic E-state index is -4.56. The van der Waals surface area contributed by atoms with Gasteiger partial charge in [0.1, 0.15) is 46.8 Å². The molecule has 1 heterocycles. The Morgan fingerprint density at radius 3 is 2.53 bits per heavy atom. The van der Waals surface area contributed by atoms with Crippen LogP contribution in [0.15, 0.2) is 46.8 Å². The van der Waals surface area contributed by atoms with Crippen molar-refractivity contribution in [3.05, 3.63) is 64.7 Å². The van der Waals surface area contributed by atoms with E-state index >= 15 is 0 Å². The molecule has 0 amide bonds. The molecule has 0 saturated carbocycles. The van der Waals surface area contributed by atoms with E-state index in [0.717, 1.165) is 28.1 Å². The normalized spacial score (nSPS) is 12.1. The van der Waals surface area contributed by atoms with E-state index in [1.165, 1.54) is 14.2 Å². The molecule has 2 aromatic carbocycles. The zero-order chi connectivity index (χ0) is 25.0. The summed E-state index contributed by atoms with van der Waals surface area (Å²) < 4.78 is 69.8. The Kier molecular flexibility index (Phi) is 7.74. The predicted molar refractivity (Wildman–Crippen MR) is 124 cm³/mol. The molecule has 0 aliphatic rings. The van der Waals surface area contributed by atoms with Gasteiger partial charge in [0, 0.05) is 23.1 Å². The molecule has 3 aromatic rings. The highest BCUT2D eigenvalue weighted by molar-refractivity contribution is 7.93. The summed E-state index contributed by atoms with van der Waals surface area (Å²) in [6.07, 6.45) is 2.47. The average Bonchev–Trinajstić information content (AvgIpc) is 3.31. The maximum absolute atomic E-state index is 14.8.